The summed E-state index contributed by atoms with van der Waals surface area (Å²) in [7, 11) is -6.49. The Balaban J connectivity index is 2.28. The molecule has 2 nitrogen and oxygen atoms in total. The zero-order valence-electron chi connectivity index (χ0n) is 13.7. The maximum atomic E-state index is 13.9. The van der Waals surface area contributed by atoms with E-state index >= 15 is 0 Å². The van der Waals surface area contributed by atoms with Gasteiger partial charge >= 0.3 is 10.2 Å². The fourth-order valence-corrected chi connectivity index (χ4v) is 6.11. The largest absolute Gasteiger partial charge is 0.332 e. The summed E-state index contributed by atoms with van der Waals surface area (Å²) in [6.45, 7) is 1.66. The van der Waals surface area contributed by atoms with Gasteiger partial charge in [-0.1, -0.05) is 36.4 Å². The van der Waals surface area contributed by atoms with E-state index in [0.29, 0.717) is 16.2 Å². The predicted molar refractivity (Wildman–Crippen MR) is 98.1 cm³/mol. The molecule has 0 radical (unpaired) electrons. The van der Waals surface area contributed by atoms with Gasteiger partial charge in [-0.2, -0.15) is 8.42 Å². The number of aryl methyl sites for hydroxylation is 1. The van der Waals surface area contributed by atoms with Crippen LogP contribution in [0.1, 0.15) is 5.56 Å². The zero-order chi connectivity index (χ0) is 18.9. The van der Waals surface area contributed by atoms with Crippen LogP contribution in [0.3, 0.4) is 0 Å². The number of rotatable bonds is 4. The molecule has 0 heterocycles. The summed E-state index contributed by atoms with van der Waals surface area (Å²) in [6, 6.07) is 15.6. The van der Waals surface area contributed by atoms with Gasteiger partial charge in [0.1, 0.15) is 16.5 Å². The van der Waals surface area contributed by atoms with Crippen molar-refractivity contribution in [1.29, 1.82) is 0 Å². The maximum absolute atomic E-state index is 13.9. The van der Waals surface area contributed by atoms with Gasteiger partial charge in [0, 0.05) is 5.30 Å². The molecule has 3 aromatic rings. The summed E-state index contributed by atoms with van der Waals surface area (Å²) < 4.78 is 64.0. The molecule has 134 valence electrons. The monoisotopic (exact) mass is 394 g/mol. The van der Waals surface area contributed by atoms with E-state index in [-0.39, 0.29) is 5.30 Å². The van der Waals surface area contributed by atoms with Crippen LogP contribution >= 0.6 is 7.92 Å². The molecular weight excluding hydrogens is 380 g/mol. The first-order chi connectivity index (χ1) is 12.3. The summed E-state index contributed by atoms with van der Waals surface area (Å²) in [4.78, 5) is -0.419. The Morgan fingerprint density at radius 3 is 1.65 bits per heavy atom. The third kappa shape index (κ3) is 3.97. The molecule has 26 heavy (non-hydrogen) atoms. The van der Waals surface area contributed by atoms with Crippen LogP contribution in [0.2, 0.25) is 0 Å². The Morgan fingerprint density at radius 2 is 1.23 bits per heavy atom. The van der Waals surface area contributed by atoms with Crippen LogP contribution in [-0.2, 0) is 10.2 Å². The van der Waals surface area contributed by atoms with Crippen molar-refractivity contribution in [2.75, 3.05) is 0 Å². The molecule has 0 N–H and O–H groups in total. The normalized spacial score (nSPS) is 11.7. The van der Waals surface area contributed by atoms with E-state index in [1.807, 2.05) is 0 Å². The Bertz CT molecular complexity index is 988. The van der Waals surface area contributed by atoms with Crippen molar-refractivity contribution in [2.45, 2.75) is 11.8 Å². The van der Waals surface area contributed by atoms with Crippen molar-refractivity contribution in [3.63, 3.8) is 0 Å². The molecule has 0 aromatic heterocycles. The molecule has 0 saturated carbocycles. The molecule has 0 bridgehead atoms. The number of benzene rings is 3. The molecule has 3 rings (SSSR count). The molecule has 0 aliphatic rings. The summed E-state index contributed by atoms with van der Waals surface area (Å²) in [5.74, 6) is -0.880. The van der Waals surface area contributed by atoms with Crippen molar-refractivity contribution in [2.24, 2.45) is 0 Å². The van der Waals surface area contributed by atoms with E-state index in [4.69, 9.17) is 0 Å². The molecular formula is C19H14F3O2PS. The standard InChI is InChI=1S/C19H14F3O2PS/c1-13-2-11-18(19(12-13)26(22,23)24)25(16-7-3-14(20)4-8-16)17-9-5-15(21)6-10-17/h2-12H,1H3. The van der Waals surface area contributed by atoms with E-state index < -0.39 is 34.7 Å². The lowest BCUT2D eigenvalue weighted by Crippen LogP contribution is -2.24. The maximum Gasteiger partial charge on any atom is 0.332 e. The average Bonchev–Trinajstić information content (AvgIpc) is 2.59. The first-order valence-corrected chi connectivity index (χ1v) is 10.3. The van der Waals surface area contributed by atoms with Crippen LogP contribution in [0.5, 0.6) is 0 Å². The van der Waals surface area contributed by atoms with Crippen LogP contribution in [0.15, 0.2) is 71.6 Å². The highest BCUT2D eigenvalue weighted by molar-refractivity contribution is 7.88. The minimum atomic E-state index is -4.97. The number of halogens is 3. The minimum Gasteiger partial charge on any atom is -0.207 e. The zero-order valence-corrected chi connectivity index (χ0v) is 15.4. The summed E-state index contributed by atoms with van der Waals surface area (Å²) >= 11 is 0. The quantitative estimate of drug-likeness (QED) is 0.500. The van der Waals surface area contributed by atoms with Gasteiger partial charge in [-0.05, 0) is 61.3 Å². The molecule has 0 saturated heterocycles. The van der Waals surface area contributed by atoms with Crippen LogP contribution in [0, 0.1) is 18.6 Å². The fourth-order valence-electron chi connectivity index (χ4n) is 2.61. The van der Waals surface area contributed by atoms with Gasteiger partial charge in [-0.15, -0.1) is 3.89 Å². The first-order valence-electron chi connectivity index (χ1n) is 7.62. The smallest absolute Gasteiger partial charge is 0.207 e. The van der Waals surface area contributed by atoms with Gasteiger partial charge < -0.3 is 0 Å². The fraction of sp³-hybridized carbons (Fsp3) is 0.0526. The lowest BCUT2D eigenvalue weighted by molar-refractivity contribution is 0.552. The van der Waals surface area contributed by atoms with Gasteiger partial charge in [0.15, 0.2) is 0 Å². The van der Waals surface area contributed by atoms with E-state index in [0.717, 1.165) is 0 Å². The van der Waals surface area contributed by atoms with Crippen molar-refractivity contribution in [3.8, 4) is 0 Å². The summed E-state index contributed by atoms with van der Waals surface area (Å²) in [6.07, 6.45) is 0. The van der Waals surface area contributed by atoms with Gasteiger partial charge in [-0.25, -0.2) is 8.78 Å². The molecule has 0 spiro atoms. The highest BCUT2D eigenvalue weighted by Crippen LogP contribution is 2.36. The highest BCUT2D eigenvalue weighted by Gasteiger charge is 2.26. The van der Waals surface area contributed by atoms with Gasteiger partial charge in [-0.3, -0.25) is 0 Å². The molecule has 3 aromatic carbocycles. The van der Waals surface area contributed by atoms with Crippen LogP contribution in [0.4, 0.5) is 12.7 Å². The second-order valence-corrected chi connectivity index (χ2v) is 9.20. The van der Waals surface area contributed by atoms with Crippen LogP contribution in [-0.4, -0.2) is 8.42 Å². The summed E-state index contributed by atoms with van der Waals surface area (Å²) in [5.41, 5.74) is 0.595. The molecule has 0 unspecified atom stereocenters. The van der Waals surface area contributed by atoms with Crippen molar-refractivity contribution >= 4 is 34.1 Å². The molecule has 0 amide bonds. The minimum absolute atomic E-state index is 0.270. The Kier molecular flexibility index (Phi) is 5.17. The SMILES string of the molecule is Cc1ccc(P(c2ccc(F)cc2)c2ccc(F)cc2)c(S(=O)(=O)F)c1. The first kappa shape index (κ1) is 18.6. The molecule has 0 atom stereocenters. The Labute approximate surface area is 151 Å². The van der Waals surface area contributed by atoms with Crippen molar-refractivity contribution in [3.05, 3.63) is 83.9 Å². The Morgan fingerprint density at radius 1 is 0.769 bits per heavy atom. The predicted octanol–water partition coefficient (Wildman–Crippen LogP) is 3.69. The van der Waals surface area contributed by atoms with Gasteiger partial charge in [0.2, 0.25) is 0 Å². The topological polar surface area (TPSA) is 34.1 Å². The molecule has 0 aliphatic heterocycles. The van der Waals surface area contributed by atoms with E-state index in [9.17, 15) is 21.1 Å². The Hall–Kier alpha value is -2.17. The third-order valence-corrected chi connectivity index (χ3v) is 7.30. The van der Waals surface area contributed by atoms with Gasteiger partial charge in [0.05, 0.1) is 0 Å². The number of hydrogen-bond acceptors (Lipinski definition) is 2. The van der Waals surface area contributed by atoms with Crippen molar-refractivity contribution < 1.29 is 21.1 Å². The van der Waals surface area contributed by atoms with Crippen LogP contribution in [0.25, 0.3) is 0 Å². The lowest BCUT2D eigenvalue weighted by atomic mass is 10.2. The second kappa shape index (κ2) is 7.22. The molecule has 7 heteroatoms. The number of hydrogen-bond donors (Lipinski definition) is 0. The average molecular weight is 394 g/mol. The van der Waals surface area contributed by atoms with Crippen molar-refractivity contribution in [1.82, 2.24) is 0 Å². The van der Waals surface area contributed by atoms with E-state index in [1.165, 1.54) is 54.6 Å². The summed E-state index contributed by atoms with van der Waals surface area (Å²) in [5, 5.41) is 1.52. The molecule has 0 fully saturated rings. The highest BCUT2D eigenvalue weighted by atomic mass is 32.3. The van der Waals surface area contributed by atoms with E-state index in [1.54, 1.807) is 19.1 Å². The van der Waals surface area contributed by atoms with Crippen LogP contribution < -0.4 is 15.9 Å². The van der Waals surface area contributed by atoms with E-state index in [2.05, 4.69) is 0 Å². The lowest BCUT2D eigenvalue weighted by Gasteiger charge is -2.21. The van der Waals surface area contributed by atoms with Gasteiger partial charge in [0.25, 0.3) is 0 Å². The second-order valence-electron chi connectivity index (χ2n) is 5.70. The molecule has 0 aliphatic carbocycles. The third-order valence-electron chi connectivity index (χ3n) is 3.79.